The SMILES string of the molecule is Cc1ccc(C)c(S(=O)(=O)Nc2ccc(C(=O)NCc3ccnc(-n4cccn4)c3)cc2)c1. The Morgan fingerprint density at radius 1 is 1.00 bits per heavy atom. The van der Waals surface area contributed by atoms with E-state index in [-0.39, 0.29) is 10.8 Å². The summed E-state index contributed by atoms with van der Waals surface area (Å²) in [6, 6.07) is 17.1. The van der Waals surface area contributed by atoms with Gasteiger partial charge in [-0.05, 0) is 79.1 Å². The van der Waals surface area contributed by atoms with Crippen molar-refractivity contribution in [3.8, 4) is 5.82 Å². The molecule has 4 aromatic rings. The molecule has 33 heavy (non-hydrogen) atoms. The number of anilines is 1. The number of rotatable bonds is 7. The minimum Gasteiger partial charge on any atom is -0.348 e. The zero-order valence-corrected chi connectivity index (χ0v) is 19.0. The molecule has 0 fully saturated rings. The Morgan fingerprint density at radius 2 is 1.79 bits per heavy atom. The Labute approximate surface area is 192 Å². The van der Waals surface area contributed by atoms with E-state index in [9.17, 15) is 13.2 Å². The van der Waals surface area contributed by atoms with Crippen molar-refractivity contribution in [1.82, 2.24) is 20.1 Å². The highest BCUT2D eigenvalue weighted by atomic mass is 32.2. The fraction of sp³-hybridized carbons (Fsp3) is 0.125. The lowest BCUT2D eigenvalue weighted by Crippen LogP contribution is -2.23. The van der Waals surface area contributed by atoms with E-state index in [1.165, 1.54) is 0 Å². The first-order valence-electron chi connectivity index (χ1n) is 10.3. The summed E-state index contributed by atoms with van der Waals surface area (Å²) in [5.41, 5.74) is 3.20. The lowest BCUT2D eigenvalue weighted by molar-refractivity contribution is 0.0951. The van der Waals surface area contributed by atoms with E-state index in [0.29, 0.717) is 29.2 Å². The van der Waals surface area contributed by atoms with Crippen molar-refractivity contribution in [3.63, 3.8) is 0 Å². The number of hydrogen-bond acceptors (Lipinski definition) is 5. The van der Waals surface area contributed by atoms with Crippen LogP contribution in [0.1, 0.15) is 27.0 Å². The van der Waals surface area contributed by atoms with Gasteiger partial charge in [-0.25, -0.2) is 18.1 Å². The molecule has 0 aliphatic rings. The summed E-state index contributed by atoms with van der Waals surface area (Å²) < 4.78 is 29.7. The second-order valence-electron chi connectivity index (χ2n) is 7.61. The van der Waals surface area contributed by atoms with Crippen LogP contribution >= 0.6 is 0 Å². The van der Waals surface area contributed by atoms with Crippen molar-refractivity contribution in [3.05, 3.63) is 102 Å². The quantitative estimate of drug-likeness (QED) is 0.437. The maximum absolute atomic E-state index is 12.8. The molecule has 0 saturated heterocycles. The lowest BCUT2D eigenvalue weighted by atomic mass is 10.2. The molecule has 0 unspecified atom stereocenters. The van der Waals surface area contributed by atoms with E-state index in [1.807, 2.05) is 31.2 Å². The number of carbonyl (C=O) groups is 1. The van der Waals surface area contributed by atoms with Crippen LogP contribution in [0.15, 0.2) is 84.1 Å². The molecule has 0 aliphatic heterocycles. The fourth-order valence-corrected chi connectivity index (χ4v) is 4.67. The molecule has 8 nitrogen and oxygen atoms in total. The molecule has 2 aromatic heterocycles. The van der Waals surface area contributed by atoms with Gasteiger partial charge in [-0.15, -0.1) is 0 Å². The van der Waals surface area contributed by atoms with E-state index in [4.69, 9.17) is 0 Å². The van der Waals surface area contributed by atoms with E-state index in [2.05, 4.69) is 20.1 Å². The Hall–Kier alpha value is -3.98. The van der Waals surface area contributed by atoms with Gasteiger partial charge in [0.25, 0.3) is 15.9 Å². The largest absolute Gasteiger partial charge is 0.348 e. The molecule has 2 heterocycles. The van der Waals surface area contributed by atoms with Gasteiger partial charge in [-0.1, -0.05) is 12.1 Å². The summed E-state index contributed by atoms with van der Waals surface area (Å²) in [5.74, 6) is 0.392. The van der Waals surface area contributed by atoms with E-state index < -0.39 is 10.0 Å². The summed E-state index contributed by atoms with van der Waals surface area (Å²) in [6.07, 6.45) is 5.12. The molecule has 0 radical (unpaired) electrons. The van der Waals surface area contributed by atoms with Crippen molar-refractivity contribution < 1.29 is 13.2 Å². The van der Waals surface area contributed by atoms with Gasteiger partial charge < -0.3 is 5.32 Å². The number of benzene rings is 2. The third-order valence-electron chi connectivity index (χ3n) is 5.03. The van der Waals surface area contributed by atoms with Crippen LogP contribution in [0.2, 0.25) is 0 Å². The maximum atomic E-state index is 12.8. The summed E-state index contributed by atoms with van der Waals surface area (Å²) in [7, 11) is -3.73. The zero-order chi connectivity index (χ0) is 23.4. The Morgan fingerprint density at radius 3 is 2.52 bits per heavy atom. The minimum atomic E-state index is -3.73. The van der Waals surface area contributed by atoms with Crippen molar-refractivity contribution >= 4 is 21.6 Å². The number of nitrogens with zero attached hydrogens (tertiary/aromatic N) is 3. The van der Waals surface area contributed by atoms with Crippen LogP contribution in [-0.2, 0) is 16.6 Å². The molecule has 0 atom stereocenters. The molecule has 168 valence electrons. The first-order chi connectivity index (χ1) is 15.8. The molecule has 0 spiro atoms. The van der Waals surface area contributed by atoms with Crippen LogP contribution in [0, 0.1) is 13.8 Å². The Balaban J connectivity index is 1.40. The highest BCUT2D eigenvalue weighted by Gasteiger charge is 2.17. The number of hydrogen-bond donors (Lipinski definition) is 2. The van der Waals surface area contributed by atoms with Crippen molar-refractivity contribution in [1.29, 1.82) is 0 Å². The normalized spacial score (nSPS) is 11.2. The molecule has 9 heteroatoms. The number of amides is 1. The number of nitrogens with one attached hydrogen (secondary N) is 2. The Bertz CT molecular complexity index is 1380. The third kappa shape index (κ3) is 5.27. The Kier molecular flexibility index (Phi) is 6.23. The summed E-state index contributed by atoms with van der Waals surface area (Å²) in [6.45, 7) is 3.91. The zero-order valence-electron chi connectivity index (χ0n) is 18.2. The highest BCUT2D eigenvalue weighted by molar-refractivity contribution is 7.92. The molecule has 2 aromatic carbocycles. The van der Waals surface area contributed by atoms with E-state index in [0.717, 1.165) is 11.1 Å². The number of carbonyl (C=O) groups excluding carboxylic acids is 1. The molecular weight excluding hydrogens is 438 g/mol. The lowest BCUT2D eigenvalue weighted by Gasteiger charge is -2.12. The molecule has 0 bridgehead atoms. The number of aryl methyl sites for hydroxylation is 2. The first kappa shape index (κ1) is 22.2. The predicted octanol–water partition coefficient (Wildman–Crippen LogP) is 3.61. The summed E-state index contributed by atoms with van der Waals surface area (Å²) in [4.78, 5) is 17.1. The van der Waals surface area contributed by atoms with Gasteiger partial charge in [0.15, 0.2) is 5.82 Å². The minimum absolute atomic E-state index is 0.233. The maximum Gasteiger partial charge on any atom is 0.262 e. The van der Waals surface area contributed by atoms with Gasteiger partial charge in [0.05, 0.1) is 4.90 Å². The van der Waals surface area contributed by atoms with Crippen LogP contribution in [0.25, 0.3) is 5.82 Å². The van der Waals surface area contributed by atoms with Gasteiger partial charge in [0, 0.05) is 36.4 Å². The van der Waals surface area contributed by atoms with E-state index >= 15 is 0 Å². The second-order valence-corrected chi connectivity index (χ2v) is 9.26. The standard InChI is InChI=1S/C24H23N5O3S/c1-17-4-5-18(2)22(14-17)33(31,32)28-21-8-6-20(7-9-21)24(30)26-16-19-10-12-25-23(15-19)29-13-3-11-27-29/h3-15,28H,16H2,1-2H3,(H,26,30). The van der Waals surface area contributed by atoms with E-state index in [1.54, 1.807) is 66.6 Å². The fourth-order valence-electron chi connectivity index (χ4n) is 3.28. The van der Waals surface area contributed by atoms with Gasteiger partial charge in [-0.2, -0.15) is 5.10 Å². The second kappa shape index (κ2) is 9.25. The predicted molar refractivity (Wildman–Crippen MR) is 126 cm³/mol. The number of pyridine rings is 1. The van der Waals surface area contributed by atoms with Crippen LogP contribution in [0.4, 0.5) is 5.69 Å². The average Bonchev–Trinajstić information content (AvgIpc) is 3.34. The van der Waals surface area contributed by atoms with Gasteiger partial charge in [0.1, 0.15) is 0 Å². The van der Waals surface area contributed by atoms with Gasteiger partial charge in [-0.3, -0.25) is 9.52 Å². The highest BCUT2D eigenvalue weighted by Crippen LogP contribution is 2.21. The molecule has 2 N–H and O–H groups in total. The van der Waals surface area contributed by atoms with Crippen molar-refractivity contribution in [2.45, 2.75) is 25.3 Å². The number of sulfonamides is 1. The topological polar surface area (TPSA) is 106 Å². The van der Waals surface area contributed by atoms with Crippen LogP contribution in [-0.4, -0.2) is 29.1 Å². The van der Waals surface area contributed by atoms with Crippen molar-refractivity contribution in [2.24, 2.45) is 0 Å². The molecule has 0 saturated carbocycles. The van der Waals surface area contributed by atoms with Crippen molar-refractivity contribution in [2.75, 3.05) is 4.72 Å². The monoisotopic (exact) mass is 461 g/mol. The summed E-state index contributed by atoms with van der Waals surface area (Å²) >= 11 is 0. The average molecular weight is 462 g/mol. The molecule has 4 rings (SSSR count). The molecular formula is C24H23N5O3S. The summed E-state index contributed by atoms with van der Waals surface area (Å²) in [5, 5.41) is 7.01. The van der Waals surface area contributed by atoms with Gasteiger partial charge >= 0.3 is 0 Å². The number of aromatic nitrogens is 3. The smallest absolute Gasteiger partial charge is 0.262 e. The van der Waals surface area contributed by atoms with Crippen LogP contribution in [0.3, 0.4) is 0 Å². The molecule has 1 amide bonds. The third-order valence-corrected chi connectivity index (χ3v) is 6.56. The van der Waals surface area contributed by atoms with Crippen LogP contribution < -0.4 is 10.0 Å². The van der Waals surface area contributed by atoms with Crippen LogP contribution in [0.5, 0.6) is 0 Å². The van der Waals surface area contributed by atoms with Gasteiger partial charge in [0.2, 0.25) is 0 Å². The molecule has 0 aliphatic carbocycles. The first-order valence-corrected chi connectivity index (χ1v) is 11.7.